The normalized spacial score (nSPS) is 11.8. The molecule has 0 radical (unpaired) electrons. The molecule has 0 saturated heterocycles. The van der Waals surface area contributed by atoms with E-state index in [1.54, 1.807) is 0 Å². The Kier molecular flexibility index (Phi) is 6.67. The van der Waals surface area contributed by atoms with Crippen molar-refractivity contribution in [2.45, 2.75) is 39.3 Å². The van der Waals surface area contributed by atoms with Crippen molar-refractivity contribution >= 4 is 0 Å². The van der Waals surface area contributed by atoms with Gasteiger partial charge in [0, 0.05) is 19.8 Å². The lowest BCUT2D eigenvalue weighted by molar-refractivity contribution is -0.148. The summed E-state index contributed by atoms with van der Waals surface area (Å²) in [6.45, 7) is 3.54. The Morgan fingerprint density at radius 2 is 1.65 bits per heavy atom. The molecule has 2 aromatic carbocycles. The first kappa shape index (κ1) is 20.3. The van der Waals surface area contributed by atoms with E-state index in [0.717, 1.165) is 5.56 Å². The molecule has 0 atom stereocenters. The minimum Gasteiger partial charge on any atom is -0.489 e. The van der Waals surface area contributed by atoms with Gasteiger partial charge in [-0.15, -0.1) is 0 Å². The van der Waals surface area contributed by atoms with Crippen molar-refractivity contribution < 1.29 is 27.4 Å². The Balaban J connectivity index is 2.53. The van der Waals surface area contributed by atoms with Gasteiger partial charge in [0.15, 0.2) is 6.29 Å². The lowest BCUT2D eigenvalue weighted by atomic mass is 9.93. The van der Waals surface area contributed by atoms with Crippen LogP contribution < -0.4 is 4.74 Å². The van der Waals surface area contributed by atoms with E-state index in [-0.39, 0.29) is 17.7 Å². The van der Waals surface area contributed by atoms with Crippen molar-refractivity contribution in [1.82, 2.24) is 0 Å². The molecule has 0 saturated carbocycles. The molecule has 6 heteroatoms. The third-order valence-electron chi connectivity index (χ3n) is 4.26. The molecule has 2 aromatic rings. The molecule has 0 amide bonds. The van der Waals surface area contributed by atoms with Crippen LogP contribution >= 0.6 is 0 Å². The molecule has 0 fully saturated rings. The van der Waals surface area contributed by atoms with Gasteiger partial charge in [0.1, 0.15) is 12.4 Å². The number of rotatable bonds is 7. The number of hydrogen-bond acceptors (Lipinski definition) is 3. The van der Waals surface area contributed by atoms with Gasteiger partial charge in [-0.1, -0.05) is 37.3 Å². The highest BCUT2D eigenvalue weighted by Gasteiger charge is 2.39. The zero-order valence-electron chi connectivity index (χ0n) is 15.3. The summed E-state index contributed by atoms with van der Waals surface area (Å²) in [4.78, 5) is 0. The lowest BCUT2D eigenvalue weighted by Crippen LogP contribution is -2.18. The Bertz CT molecular complexity index is 723. The molecule has 26 heavy (non-hydrogen) atoms. The molecule has 142 valence electrons. The highest BCUT2D eigenvalue weighted by atomic mass is 19.4. The van der Waals surface area contributed by atoms with E-state index in [2.05, 4.69) is 0 Å². The molecule has 3 nitrogen and oxygen atoms in total. The summed E-state index contributed by atoms with van der Waals surface area (Å²) in [7, 11) is 2.61. The molecular formula is C20H23F3O3. The predicted molar refractivity (Wildman–Crippen MR) is 93.1 cm³/mol. The number of benzene rings is 2. The molecule has 0 aliphatic heterocycles. The average molecular weight is 368 g/mol. The predicted octanol–water partition coefficient (Wildman–Crippen LogP) is 5.45. The number of hydrogen-bond donors (Lipinski definition) is 0. The highest BCUT2D eigenvalue weighted by molar-refractivity contribution is 5.51. The Morgan fingerprint density at radius 3 is 2.15 bits per heavy atom. The van der Waals surface area contributed by atoms with E-state index >= 15 is 0 Å². The fourth-order valence-electron chi connectivity index (χ4n) is 3.07. The van der Waals surface area contributed by atoms with Gasteiger partial charge in [-0.2, -0.15) is 13.2 Å². The van der Waals surface area contributed by atoms with E-state index < -0.39 is 18.0 Å². The fourth-order valence-corrected chi connectivity index (χ4v) is 3.07. The van der Waals surface area contributed by atoms with E-state index in [1.165, 1.54) is 27.2 Å². The zero-order valence-corrected chi connectivity index (χ0v) is 15.3. The fraction of sp³-hybridized carbons (Fsp3) is 0.400. The molecule has 0 aliphatic rings. The maximum absolute atomic E-state index is 13.7. The van der Waals surface area contributed by atoms with Gasteiger partial charge in [-0.25, -0.2) is 0 Å². The molecule has 0 spiro atoms. The number of ether oxygens (including phenoxy) is 3. The number of alkyl halides is 3. The SMILES string of the molecule is CCc1c(OCc2ccccc2)cc(C(OC)OC)c(C(F)(F)F)c1C. The first-order valence-electron chi connectivity index (χ1n) is 8.29. The van der Waals surface area contributed by atoms with Crippen molar-refractivity contribution in [3.63, 3.8) is 0 Å². The monoisotopic (exact) mass is 368 g/mol. The van der Waals surface area contributed by atoms with Crippen LogP contribution in [0.4, 0.5) is 13.2 Å². The standard InChI is InChI=1S/C20H23F3O3/c1-5-15-13(2)18(20(21,22)23)16(19(24-3)25-4)11-17(15)26-12-14-9-7-6-8-10-14/h6-11,19H,5,12H2,1-4H3. The molecule has 0 unspecified atom stereocenters. The van der Waals surface area contributed by atoms with Gasteiger partial charge in [0.25, 0.3) is 0 Å². The molecular weight excluding hydrogens is 345 g/mol. The molecule has 2 rings (SSSR count). The van der Waals surface area contributed by atoms with E-state index in [4.69, 9.17) is 14.2 Å². The van der Waals surface area contributed by atoms with Crippen molar-refractivity contribution in [3.8, 4) is 5.75 Å². The third-order valence-corrected chi connectivity index (χ3v) is 4.26. The Hall–Kier alpha value is -2.05. The largest absolute Gasteiger partial charge is 0.489 e. The van der Waals surface area contributed by atoms with Gasteiger partial charge in [0.05, 0.1) is 5.56 Å². The van der Waals surface area contributed by atoms with Crippen LogP contribution in [-0.2, 0) is 28.7 Å². The second-order valence-corrected chi connectivity index (χ2v) is 5.87. The van der Waals surface area contributed by atoms with Crippen LogP contribution in [0.3, 0.4) is 0 Å². The molecule has 0 heterocycles. The molecule has 0 N–H and O–H groups in total. The zero-order chi connectivity index (χ0) is 19.3. The Labute approximate surface area is 151 Å². The third kappa shape index (κ3) is 4.37. The second-order valence-electron chi connectivity index (χ2n) is 5.87. The highest BCUT2D eigenvalue weighted by Crippen LogP contribution is 2.42. The van der Waals surface area contributed by atoms with Gasteiger partial charge in [-0.3, -0.25) is 0 Å². The van der Waals surface area contributed by atoms with Crippen LogP contribution in [0.15, 0.2) is 36.4 Å². The van der Waals surface area contributed by atoms with Crippen LogP contribution in [0.1, 0.15) is 41.0 Å². The van der Waals surface area contributed by atoms with Gasteiger partial charge < -0.3 is 14.2 Å². The van der Waals surface area contributed by atoms with E-state index in [9.17, 15) is 13.2 Å². The van der Waals surface area contributed by atoms with Crippen molar-refractivity contribution in [2.75, 3.05) is 14.2 Å². The summed E-state index contributed by atoms with van der Waals surface area (Å²) >= 11 is 0. The minimum atomic E-state index is -4.52. The molecule has 0 aliphatic carbocycles. The first-order chi connectivity index (χ1) is 12.3. The summed E-state index contributed by atoms with van der Waals surface area (Å²) in [6.07, 6.45) is -5.23. The van der Waals surface area contributed by atoms with E-state index in [1.807, 2.05) is 37.3 Å². The topological polar surface area (TPSA) is 27.7 Å². The molecule has 0 bridgehead atoms. The quantitative estimate of drug-likeness (QED) is 0.609. The summed E-state index contributed by atoms with van der Waals surface area (Å²) in [5.74, 6) is 0.413. The van der Waals surface area contributed by atoms with E-state index in [0.29, 0.717) is 17.7 Å². The van der Waals surface area contributed by atoms with Crippen LogP contribution in [0, 0.1) is 6.92 Å². The molecule has 0 aromatic heterocycles. The van der Waals surface area contributed by atoms with Crippen molar-refractivity contribution in [3.05, 3.63) is 64.2 Å². The van der Waals surface area contributed by atoms with Crippen LogP contribution in [-0.4, -0.2) is 14.2 Å². The first-order valence-corrected chi connectivity index (χ1v) is 8.29. The van der Waals surface area contributed by atoms with Crippen molar-refractivity contribution in [2.24, 2.45) is 0 Å². The summed E-state index contributed by atoms with van der Waals surface area (Å²) < 4.78 is 57.1. The number of methoxy groups -OCH3 is 2. The smallest absolute Gasteiger partial charge is 0.417 e. The minimum absolute atomic E-state index is 0.0831. The maximum Gasteiger partial charge on any atom is 0.417 e. The van der Waals surface area contributed by atoms with Crippen LogP contribution in [0.5, 0.6) is 5.75 Å². The Morgan fingerprint density at radius 1 is 1.04 bits per heavy atom. The van der Waals surface area contributed by atoms with Gasteiger partial charge in [-0.05, 0) is 36.1 Å². The van der Waals surface area contributed by atoms with Gasteiger partial charge in [0.2, 0.25) is 0 Å². The van der Waals surface area contributed by atoms with Crippen molar-refractivity contribution in [1.29, 1.82) is 0 Å². The van der Waals surface area contributed by atoms with Crippen LogP contribution in [0.25, 0.3) is 0 Å². The average Bonchev–Trinajstić information content (AvgIpc) is 2.60. The second kappa shape index (κ2) is 8.56. The van der Waals surface area contributed by atoms with Gasteiger partial charge >= 0.3 is 6.18 Å². The maximum atomic E-state index is 13.7. The summed E-state index contributed by atoms with van der Waals surface area (Å²) in [6, 6.07) is 10.8. The summed E-state index contributed by atoms with van der Waals surface area (Å²) in [5.41, 5.74) is 0.793. The number of halogens is 3. The van der Waals surface area contributed by atoms with Crippen LogP contribution in [0.2, 0.25) is 0 Å². The lowest BCUT2D eigenvalue weighted by Gasteiger charge is -2.25. The summed E-state index contributed by atoms with van der Waals surface area (Å²) in [5, 5.41) is 0.